The highest BCUT2D eigenvalue weighted by molar-refractivity contribution is 6.33. The molecule has 1 aliphatic heterocycles. The molecule has 1 saturated heterocycles. The van der Waals surface area contributed by atoms with Crippen LogP contribution < -0.4 is 16.0 Å². The van der Waals surface area contributed by atoms with E-state index in [2.05, 4.69) is 10.3 Å². The highest BCUT2D eigenvalue weighted by Crippen LogP contribution is 2.30. The van der Waals surface area contributed by atoms with E-state index in [0.29, 0.717) is 32.0 Å². The smallest absolute Gasteiger partial charge is 0.289 e. The van der Waals surface area contributed by atoms with Gasteiger partial charge in [-0.1, -0.05) is 11.6 Å². The van der Waals surface area contributed by atoms with Gasteiger partial charge < -0.3 is 16.0 Å². The van der Waals surface area contributed by atoms with Crippen molar-refractivity contribution in [1.82, 2.24) is 10.3 Å². The van der Waals surface area contributed by atoms with Crippen LogP contribution in [0.25, 0.3) is 0 Å². The fraction of sp³-hybridized carbons (Fsp3) is 0.538. The number of hydrogen-bond donors (Lipinski definition) is 2. The summed E-state index contributed by atoms with van der Waals surface area (Å²) in [5.74, 6) is 0.283. The van der Waals surface area contributed by atoms with Crippen molar-refractivity contribution in [2.45, 2.75) is 12.8 Å². The van der Waals surface area contributed by atoms with Crippen LogP contribution in [0.15, 0.2) is 12.3 Å². The predicted molar refractivity (Wildman–Crippen MR) is 82.9 cm³/mol. The van der Waals surface area contributed by atoms with Crippen LogP contribution in [0.1, 0.15) is 12.8 Å². The number of carbonyl (C=O) groups is 1. The Morgan fingerprint density at radius 2 is 2.41 bits per heavy atom. The number of halogens is 1. The standard InChI is InChI=1S/C13H18ClN5O3/c14-11-6-10(19(21)22)7-17-12(11)18-5-1-2-9(8-18)13(20)16-4-3-15/h6-7,9H,1-5,8,15H2,(H,16,20). The summed E-state index contributed by atoms with van der Waals surface area (Å²) >= 11 is 6.09. The maximum Gasteiger partial charge on any atom is 0.289 e. The van der Waals surface area contributed by atoms with E-state index in [-0.39, 0.29) is 22.5 Å². The summed E-state index contributed by atoms with van der Waals surface area (Å²) < 4.78 is 0. The molecule has 1 amide bonds. The van der Waals surface area contributed by atoms with Gasteiger partial charge in [0.15, 0.2) is 0 Å². The van der Waals surface area contributed by atoms with Crippen molar-refractivity contribution in [3.63, 3.8) is 0 Å². The molecule has 2 rings (SSSR count). The van der Waals surface area contributed by atoms with Gasteiger partial charge in [-0.2, -0.15) is 0 Å². The van der Waals surface area contributed by atoms with E-state index in [1.165, 1.54) is 12.3 Å². The molecule has 0 saturated carbocycles. The number of nitrogens with two attached hydrogens (primary N) is 1. The molecule has 0 spiro atoms. The number of piperidine rings is 1. The molecule has 1 aromatic heterocycles. The average molecular weight is 328 g/mol. The molecule has 2 heterocycles. The predicted octanol–water partition coefficient (Wildman–Crippen LogP) is 0.935. The van der Waals surface area contributed by atoms with Gasteiger partial charge in [0.2, 0.25) is 5.91 Å². The third-order valence-electron chi connectivity index (χ3n) is 3.55. The van der Waals surface area contributed by atoms with Crippen molar-refractivity contribution in [3.05, 3.63) is 27.4 Å². The number of aromatic nitrogens is 1. The minimum absolute atomic E-state index is 0.0341. The molecule has 1 atom stereocenters. The second kappa shape index (κ2) is 7.37. The lowest BCUT2D eigenvalue weighted by molar-refractivity contribution is -0.385. The highest BCUT2D eigenvalue weighted by Gasteiger charge is 2.27. The van der Waals surface area contributed by atoms with Crippen molar-refractivity contribution < 1.29 is 9.72 Å². The van der Waals surface area contributed by atoms with Crippen LogP contribution in [-0.2, 0) is 4.79 Å². The lowest BCUT2D eigenvalue weighted by Gasteiger charge is -2.33. The Morgan fingerprint density at radius 3 is 3.05 bits per heavy atom. The first-order chi connectivity index (χ1) is 10.5. The lowest BCUT2D eigenvalue weighted by atomic mass is 9.97. The van der Waals surface area contributed by atoms with Gasteiger partial charge >= 0.3 is 0 Å². The normalized spacial score (nSPS) is 18.1. The Morgan fingerprint density at radius 1 is 1.64 bits per heavy atom. The molecule has 1 aliphatic rings. The molecule has 120 valence electrons. The highest BCUT2D eigenvalue weighted by atomic mass is 35.5. The number of amides is 1. The maximum atomic E-state index is 12.0. The third kappa shape index (κ3) is 3.83. The molecular formula is C13H18ClN5O3. The molecule has 3 N–H and O–H groups in total. The van der Waals surface area contributed by atoms with Crippen molar-refractivity contribution in [2.75, 3.05) is 31.1 Å². The number of hydrogen-bond acceptors (Lipinski definition) is 6. The Bertz CT molecular complexity index is 569. The molecule has 1 aromatic rings. The van der Waals surface area contributed by atoms with Crippen molar-refractivity contribution >= 4 is 29.0 Å². The average Bonchev–Trinajstić information content (AvgIpc) is 2.52. The van der Waals surface area contributed by atoms with Crippen molar-refractivity contribution in [2.24, 2.45) is 11.7 Å². The van der Waals surface area contributed by atoms with Gasteiger partial charge in [0.05, 0.1) is 15.9 Å². The SMILES string of the molecule is NCCNC(=O)C1CCCN(c2ncc([N+](=O)[O-])cc2Cl)C1. The topological polar surface area (TPSA) is 114 Å². The minimum Gasteiger partial charge on any atom is -0.355 e. The van der Waals surface area contributed by atoms with E-state index >= 15 is 0 Å². The van der Waals surface area contributed by atoms with Crippen molar-refractivity contribution in [1.29, 1.82) is 0 Å². The molecule has 1 unspecified atom stereocenters. The zero-order valence-electron chi connectivity index (χ0n) is 12.0. The van der Waals surface area contributed by atoms with Crippen LogP contribution in [0.2, 0.25) is 5.02 Å². The summed E-state index contributed by atoms with van der Waals surface area (Å²) in [4.78, 5) is 28.2. The Hall–Kier alpha value is -1.93. The molecule has 22 heavy (non-hydrogen) atoms. The van der Waals surface area contributed by atoms with Gasteiger partial charge in [-0.15, -0.1) is 0 Å². The van der Waals surface area contributed by atoms with Gasteiger partial charge in [-0.05, 0) is 12.8 Å². The number of nitrogens with zero attached hydrogens (tertiary/aromatic N) is 3. The van der Waals surface area contributed by atoms with Crippen LogP contribution in [0.5, 0.6) is 0 Å². The largest absolute Gasteiger partial charge is 0.355 e. The fourth-order valence-electron chi connectivity index (χ4n) is 2.48. The number of anilines is 1. The Kier molecular flexibility index (Phi) is 5.51. The van der Waals surface area contributed by atoms with Crippen LogP contribution in [-0.4, -0.2) is 42.0 Å². The number of rotatable bonds is 5. The number of carbonyl (C=O) groups excluding carboxylic acids is 1. The molecule has 0 bridgehead atoms. The maximum absolute atomic E-state index is 12.0. The number of nitro groups is 1. The first-order valence-electron chi connectivity index (χ1n) is 7.05. The first kappa shape index (κ1) is 16.4. The quantitative estimate of drug-likeness (QED) is 0.614. The summed E-state index contributed by atoms with van der Waals surface area (Å²) in [5.41, 5.74) is 5.23. The number of pyridine rings is 1. The summed E-state index contributed by atoms with van der Waals surface area (Å²) in [7, 11) is 0. The lowest BCUT2D eigenvalue weighted by Crippen LogP contribution is -2.44. The van der Waals surface area contributed by atoms with E-state index in [1.54, 1.807) is 0 Å². The van der Waals surface area contributed by atoms with E-state index in [1.807, 2.05) is 4.90 Å². The van der Waals surface area contributed by atoms with Gasteiger partial charge in [-0.25, -0.2) is 4.98 Å². The third-order valence-corrected chi connectivity index (χ3v) is 3.83. The summed E-state index contributed by atoms with van der Waals surface area (Å²) in [6.45, 7) is 2.05. The van der Waals surface area contributed by atoms with Gasteiger partial charge in [0.25, 0.3) is 5.69 Å². The van der Waals surface area contributed by atoms with Crippen LogP contribution in [0.3, 0.4) is 0 Å². The number of nitrogens with one attached hydrogen (secondary N) is 1. The van der Waals surface area contributed by atoms with E-state index in [4.69, 9.17) is 17.3 Å². The van der Waals surface area contributed by atoms with E-state index in [0.717, 1.165) is 12.8 Å². The zero-order valence-corrected chi connectivity index (χ0v) is 12.8. The molecular weight excluding hydrogens is 310 g/mol. The molecule has 0 aromatic carbocycles. The second-order valence-corrected chi connectivity index (χ2v) is 5.53. The van der Waals surface area contributed by atoms with Crippen molar-refractivity contribution in [3.8, 4) is 0 Å². The van der Waals surface area contributed by atoms with Gasteiger partial charge in [0, 0.05) is 32.2 Å². The molecule has 9 heteroatoms. The summed E-state index contributed by atoms with van der Waals surface area (Å²) in [5, 5.41) is 13.7. The summed E-state index contributed by atoms with van der Waals surface area (Å²) in [6.07, 6.45) is 2.80. The molecule has 0 radical (unpaired) electrons. The van der Waals surface area contributed by atoms with Gasteiger partial charge in [0.1, 0.15) is 12.0 Å². The second-order valence-electron chi connectivity index (χ2n) is 5.12. The first-order valence-corrected chi connectivity index (χ1v) is 7.43. The van der Waals surface area contributed by atoms with E-state index in [9.17, 15) is 14.9 Å². The van der Waals surface area contributed by atoms with Crippen LogP contribution in [0.4, 0.5) is 11.5 Å². The minimum atomic E-state index is -0.540. The Labute approximate surface area is 132 Å². The molecule has 8 nitrogen and oxygen atoms in total. The van der Waals surface area contributed by atoms with E-state index < -0.39 is 4.92 Å². The monoisotopic (exact) mass is 327 g/mol. The zero-order chi connectivity index (χ0) is 16.1. The fourth-order valence-corrected chi connectivity index (χ4v) is 2.76. The summed E-state index contributed by atoms with van der Waals surface area (Å²) in [6, 6.07) is 1.28. The Balaban J connectivity index is 2.09. The van der Waals surface area contributed by atoms with Crippen LogP contribution in [0, 0.1) is 16.0 Å². The van der Waals surface area contributed by atoms with Gasteiger partial charge in [-0.3, -0.25) is 14.9 Å². The van der Waals surface area contributed by atoms with Crippen LogP contribution >= 0.6 is 11.6 Å². The molecule has 0 aliphatic carbocycles. The molecule has 1 fully saturated rings.